The quantitative estimate of drug-likeness (QED) is 0.589. The van der Waals surface area contributed by atoms with Crippen molar-refractivity contribution in [2.24, 2.45) is 7.05 Å². The van der Waals surface area contributed by atoms with Crippen molar-refractivity contribution >= 4 is 0 Å². The first kappa shape index (κ1) is 12.8. The minimum absolute atomic E-state index is 0.0105. The summed E-state index contributed by atoms with van der Waals surface area (Å²) in [5.41, 5.74) is 0. The number of ether oxygens (including phenoxy) is 1. The Balaban J connectivity index is 2.85. The summed E-state index contributed by atoms with van der Waals surface area (Å²) in [6, 6.07) is -4.43. The van der Waals surface area contributed by atoms with Crippen LogP contribution < -0.4 is 4.57 Å². The molecule has 3 nitrogen and oxygen atoms in total. The molecule has 0 radical (unpaired) electrons. The molecular weight excluding hydrogens is 242 g/mol. The van der Waals surface area contributed by atoms with E-state index in [1.807, 2.05) is 0 Å². The van der Waals surface area contributed by atoms with Crippen LogP contribution in [-0.2, 0) is 17.8 Å². The van der Waals surface area contributed by atoms with Crippen molar-refractivity contribution in [2.45, 2.75) is 18.8 Å². The highest BCUT2D eigenvalue weighted by atomic mass is 19.4. The highest BCUT2D eigenvalue weighted by Gasteiger charge is 2.53. The van der Waals surface area contributed by atoms with Gasteiger partial charge < -0.3 is 0 Å². The lowest BCUT2D eigenvalue weighted by Crippen LogP contribution is -2.39. The number of aromatic nitrogens is 2. The van der Waals surface area contributed by atoms with E-state index in [4.69, 9.17) is 0 Å². The second-order valence-corrected chi connectivity index (χ2v) is 2.95. The lowest BCUT2D eigenvalue weighted by molar-refractivity contribution is -0.671. The lowest BCUT2D eigenvalue weighted by Gasteiger charge is -2.18. The number of rotatable bonds is 3. The number of hydrogen-bond acceptors (Lipinski definition) is 1. The molecule has 1 heterocycles. The van der Waals surface area contributed by atoms with Gasteiger partial charge in [0.15, 0.2) is 0 Å². The van der Waals surface area contributed by atoms with Crippen molar-refractivity contribution in [1.82, 2.24) is 4.57 Å². The third kappa shape index (κ3) is 2.87. The van der Waals surface area contributed by atoms with Crippen LogP contribution in [0.4, 0.5) is 26.3 Å². The molecular formula is C7H7F6N2O+. The number of aryl methyl sites for hydroxylation is 1. The van der Waals surface area contributed by atoms with Crippen molar-refractivity contribution in [3.63, 3.8) is 0 Å². The van der Waals surface area contributed by atoms with Crippen LogP contribution >= 0.6 is 0 Å². The number of hydrogen-bond donors (Lipinski definition) is 0. The first-order chi connectivity index (χ1) is 7.13. The summed E-state index contributed by atoms with van der Waals surface area (Å²) in [6.07, 6.45) is -6.69. The van der Waals surface area contributed by atoms with Crippen LogP contribution in [0.2, 0.25) is 0 Å². The summed E-state index contributed by atoms with van der Waals surface area (Å²) in [7, 11) is 1.35. The number of alkyl halides is 6. The van der Waals surface area contributed by atoms with E-state index in [1.54, 1.807) is 0 Å². The van der Waals surface area contributed by atoms with Crippen molar-refractivity contribution in [3.8, 4) is 0 Å². The highest BCUT2D eigenvalue weighted by molar-refractivity contribution is 4.76. The molecule has 0 amide bonds. The normalized spacial score (nSPS) is 15.2. The van der Waals surface area contributed by atoms with E-state index in [0.29, 0.717) is 0 Å². The molecule has 9 heteroatoms. The van der Waals surface area contributed by atoms with Gasteiger partial charge in [0.1, 0.15) is 12.4 Å². The fourth-order valence-corrected chi connectivity index (χ4v) is 0.932. The maximum atomic E-state index is 13.0. The molecule has 1 atom stereocenters. The van der Waals surface area contributed by atoms with Crippen molar-refractivity contribution in [1.29, 1.82) is 0 Å². The van der Waals surface area contributed by atoms with E-state index in [0.717, 1.165) is 23.3 Å². The monoisotopic (exact) mass is 249 g/mol. The largest absolute Gasteiger partial charge is 0.525 e. The Morgan fingerprint density at radius 1 is 1.25 bits per heavy atom. The minimum atomic E-state index is -5.46. The molecule has 1 aromatic rings. The first-order valence-corrected chi connectivity index (χ1v) is 3.93. The van der Waals surface area contributed by atoms with Gasteiger partial charge in [0, 0.05) is 0 Å². The number of nitrogens with zero attached hydrogens (tertiary/aromatic N) is 2. The van der Waals surface area contributed by atoms with Gasteiger partial charge in [-0.25, -0.2) is 13.7 Å². The molecule has 0 aliphatic heterocycles. The fraction of sp³-hybridized carbons (Fsp3) is 0.571. The zero-order valence-electron chi connectivity index (χ0n) is 7.88. The average Bonchev–Trinajstić information content (AvgIpc) is 2.48. The molecule has 1 unspecified atom stereocenters. The molecule has 0 aromatic carbocycles. The second-order valence-electron chi connectivity index (χ2n) is 2.95. The summed E-state index contributed by atoms with van der Waals surface area (Å²) in [4.78, 5) is 0. The standard InChI is InChI=1S/C7H7F6N2O/c1-14-2-3-15(4-14)6(9,10)5(8)16-7(11,12)13/h2-5H,1H3/q+1. The van der Waals surface area contributed by atoms with Crippen molar-refractivity contribution in [2.75, 3.05) is 0 Å². The predicted octanol–water partition coefficient (Wildman–Crippen LogP) is 1.69. The van der Waals surface area contributed by atoms with Crippen molar-refractivity contribution < 1.29 is 35.6 Å². The fourth-order valence-electron chi connectivity index (χ4n) is 0.932. The van der Waals surface area contributed by atoms with Gasteiger partial charge in [-0.15, -0.1) is 13.2 Å². The SMILES string of the molecule is C[n+]1ccn(C(F)(F)C(F)OC(F)(F)F)c1. The van der Waals surface area contributed by atoms with E-state index >= 15 is 0 Å². The Morgan fingerprint density at radius 3 is 2.19 bits per heavy atom. The molecule has 0 saturated heterocycles. The van der Waals surface area contributed by atoms with Crippen LogP contribution in [0.25, 0.3) is 0 Å². The third-order valence-electron chi connectivity index (χ3n) is 1.62. The van der Waals surface area contributed by atoms with E-state index < -0.39 is 18.8 Å². The van der Waals surface area contributed by atoms with Gasteiger partial charge in [0.25, 0.3) is 0 Å². The zero-order valence-corrected chi connectivity index (χ0v) is 7.88. The molecule has 0 aliphatic rings. The Bertz CT molecular complexity index is 360. The van der Waals surface area contributed by atoms with Crippen molar-refractivity contribution in [3.05, 3.63) is 18.7 Å². The summed E-state index contributed by atoms with van der Waals surface area (Å²) < 4.78 is 77.1. The molecule has 0 spiro atoms. The molecule has 0 aliphatic carbocycles. The molecule has 16 heavy (non-hydrogen) atoms. The van der Waals surface area contributed by atoms with Gasteiger partial charge in [0.05, 0.1) is 7.05 Å². The lowest BCUT2D eigenvalue weighted by atomic mass is 10.5. The predicted molar refractivity (Wildman–Crippen MR) is 37.8 cm³/mol. The molecule has 0 fully saturated rings. The molecule has 1 aromatic heterocycles. The van der Waals surface area contributed by atoms with E-state index in [-0.39, 0.29) is 4.57 Å². The summed E-state index contributed by atoms with van der Waals surface area (Å²) in [6.45, 7) is 0. The van der Waals surface area contributed by atoms with Gasteiger partial charge in [0.2, 0.25) is 6.33 Å². The summed E-state index contributed by atoms with van der Waals surface area (Å²) >= 11 is 0. The van der Waals surface area contributed by atoms with Crippen LogP contribution in [0.3, 0.4) is 0 Å². The molecule has 92 valence electrons. The Morgan fingerprint density at radius 2 is 1.81 bits per heavy atom. The summed E-state index contributed by atoms with van der Waals surface area (Å²) in [5.74, 6) is 0. The average molecular weight is 249 g/mol. The Labute approximate surface area is 85.8 Å². The minimum Gasteiger partial charge on any atom is -0.246 e. The van der Waals surface area contributed by atoms with Gasteiger partial charge in [-0.1, -0.05) is 0 Å². The van der Waals surface area contributed by atoms with Gasteiger partial charge in [-0.2, -0.15) is 13.3 Å². The van der Waals surface area contributed by atoms with Crippen LogP contribution in [0, 0.1) is 0 Å². The first-order valence-electron chi connectivity index (χ1n) is 3.93. The molecule has 0 N–H and O–H groups in total. The molecule has 1 rings (SSSR count). The van der Waals surface area contributed by atoms with Crippen LogP contribution in [-0.4, -0.2) is 17.3 Å². The Kier molecular flexibility index (Phi) is 3.17. The smallest absolute Gasteiger partial charge is 0.246 e. The Hall–Kier alpha value is -1.25. The maximum Gasteiger partial charge on any atom is 0.525 e. The highest BCUT2D eigenvalue weighted by Crippen LogP contribution is 2.32. The molecule has 0 saturated carbocycles. The topological polar surface area (TPSA) is 18.0 Å². The van der Waals surface area contributed by atoms with Gasteiger partial charge >= 0.3 is 18.8 Å². The second kappa shape index (κ2) is 3.96. The van der Waals surface area contributed by atoms with Gasteiger partial charge in [-0.05, 0) is 0 Å². The van der Waals surface area contributed by atoms with Crippen LogP contribution in [0.15, 0.2) is 18.7 Å². The summed E-state index contributed by atoms with van der Waals surface area (Å²) in [5, 5.41) is 0. The zero-order chi connectivity index (χ0) is 12.6. The number of halogens is 6. The van der Waals surface area contributed by atoms with E-state index in [2.05, 4.69) is 4.74 Å². The molecule has 0 bridgehead atoms. The van der Waals surface area contributed by atoms with Crippen LogP contribution in [0.5, 0.6) is 0 Å². The third-order valence-corrected chi connectivity index (χ3v) is 1.62. The van der Waals surface area contributed by atoms with E-state index in [9.17, 15) is 26.3 Å². The van der Waals surface area contributed by atoms with Crippen LogP contribution in [0.1, 0.15) is 0 Å². The van der Waals surface area contributed by atoms with Gasteiger partial charge in [-0.3, -0.25) is 0 Å². The number of imidazole rings is 1. The van der Waals surface area contributed by atoms with E-state index in [1.165, 1.54) is 7.05 Å². The maximum absolute atomic E-state index is 13.0.